The van der Waals surface area contributed by atoms with Gasteiger partial charge in [0.05, 0.1) is 29.7 Å². The Morgan fingerprint density at radius 3 is 2.65 bits per heavy atom. The van der Waals surface area contributed by atoms with Gasteiger partial charge in [-0.3, -0.25) is 0 Å². The number of rotatable bonds is 4. The second kappa shape index (κ2) is 5.61. The summed E-state index contributed by atoms with van der Waals surface area (Å²) in [7, 11) is 2.85. The van der Waals surface area contributed by atoms with Gasteiger partial charge in [0.25, 0.3) is 0 Å². The molecule has 2 rings (SSSR count). The zero-order chi connectivity index (χ0) is 14.9. The summed E-state index contributed by atoms with van der Waals surface area (Å²) in [6.45, 7) is 1.72. The van der Waals surface area contributed by atoms with Crippen LogP contribution < -0.4 is 9.47 Å². The first-order valence-corrected chi connectivity index (χ1v) is 6.51. The topological polar surface area (TPSA) is 99.4 Å². The summed E-state index contributed by atoms with van der Waals surface area (Å²) < 4.78 is 11.8. The summed E-state index contributed by atoms with van der Waals surface area (Å²) in [6.07, 6.45) is 1.40. The number of aromatic nitrogens is 4. The molecule has 0 saturated heterocycles. The highest BCUT2D eigenvalue weighted by atomic mass is 127. The average molecular weight is 390 g/mol. The molecule has 0 aliphatic carbocycles. The van der Waals surface area contributed by atoms with Crippen LogP contribution in [0.2, 0.25) is 0 Å². The molecule has 0 unspecified atom stereocenters. The standard InChI is InChI=1S/C11H11IN4O4/c1-5-7(12)8(10(17)18)16(15-5)6-4-13-11(20-3)14-9(6)19-2/h4H,1-3H3,(H,17,18). The predicted octanol–water partition coefficient (Wildman–Crippen LogP) is 1.29. The number of aryl methyl sites for hydroxylation is 1. The van der Waals surface area contributed by atoms with E-state index in [4.69, 9.17) is 9.47 Å². The third kappa shape index (κ3) is 2.40. The Labute approximate surface area is 127 Å². The predicted molar refractivity (Wildman–Crippen MR) is 76.7 cm³/mol. The van der Waals surface area contributed by atoms with E-state index in [0.29, 0.717) is 15.0 Å². The number of aromatic carboxylic acids is 1. The maximum atomic E-state index is 11.4. The first-order valence-electron chi connectivity index (χ1n) is 5.43. The van der Waals surface area contributed by atoms with E-state index >= 15 is 0 Å². The van der Waals surface area contributed by atoms with Crippen LogP contribution in [0.25, 0.3) is 5.69 Å². The molecule has 106 valence electrons. The van der Waals surface area contributed by atoms with Crippen LogP contribution in [0.15, 0.2) is 6.20 Å². The number of halogens is 1. The molecule has 8 nitrogen and oxygen atoms in total. The lowest BCUT2D eigenvalue weighted by molar-refractivity contribution is 0.0685. The number of nitrogens with zero attached hydrogens (tertiary/aromatic N) is 4. The summed E-state index contributed by atoms with van der Waals surface area (Å²) in [5.41, 5.74) is 0.966. The SMILES string of the molecule is COc1ncc(-n2nc(C)c(I)c2C(=O)O)c(OC)n1. The molecule has 0 radical (unpaired) electrons. The minimum Gasteiger partial charge on any atom is -0.479 e. The summed E-state index contributed by atoms with van der Waals surface area (Å²) >= 11 is 1.94. The molecule has 0 bridgehead atoms. The van der Waals surface area contributed by atoms with E-state index in [1.165, 1.54) is 25.1 Å². The van der Waals surface area contributed by atoms with Crippen molar-refractivity contribution in [1.82, 2.24) is 19.7 Å². The first kappa shape index (κ1) is 14.5. The monoisotopic (exact) mass is 390 g/mol. The molecule has 9 heteroatoms. The fourth-order valence-electron chi connectivity index (χ4n) is 1.61. The molecule has 0 spiro atoms. The van der Waals surface area contributed by atoms with Crippen LogP contribution in [-0.2, 0) is 0 Å². The number of carbonyl (C=O) groups is 1. The van der Waals surface area contributed by atoms with Crippen LogP contribution in [0.4, 0.5) is 0 Å². The van der Waals surface area contributed by atoms with E-state index in [1.807, 2.05) is 22.6 Å². The van der Waals surface area contributed by atoms with Crippen LogP contribution in [0.3, 0.4) is 0 Å². The molecule has 1 N–H and O–H groups in total. The molecule has 0 aliphatic rings. The van der Waals surface area contributed by atoms with Gasteiger partial charge in [0.15, 0.2) is 5.69 Å². The van der Waals surface area contributed by atoms with Gasteiger partial charge < -0.3 is 14.6 Å². The van der Waals surface area contributed by atoms with Crippen LogP contribution in [0.5, 0.6) is 11.9 Å². The quantitative estimate of drug-likeness (QED) is 0.786. The van der Waals surface area contributed by atoms with Gasteiger partial charge in [-0.25, -0.2) is 14.5 Å². The molecule has 0 atom stereocenters. The van der Waals surface area contributed by atoms with E-state index in [2.05, 4.69) is 15.1 Å². The van der Waals surface area contributed by atoms with Crippen molar-refractivity contribution in [3.63, 3.8) is 0 Å². The number of hydrogen-bond acceptors (Lipinski definition) is 6. The largest absolute Gasteiger partial charge is 0.479 e. The highest BCUT2D eigenvalue weighted by Gasteiger charge is 2.23. The molecule has 0 fully saturated rings. The van der Waals surface area contributed by atoms with Crippen molar-refractivity contribution >= 4 is 28.6 Å². The van der Waals surface area contributed by atoms with Crippen molar-refractivity contribution < 1.29 is 19.4 Å². The third-order valence-electron chi connectivity index (χ3n) is 2.51. The van der Waals surface area contributed by atoms with Crippen LogP contribution >= 0.6 is 22.6 Å². The Balaban J connectivity index is 2.68. The van der Waals surface area contributed by atoms with Gasteiger partial charge in [-0.1, -0.05) is 0 Å². The fourth-order valence-corrected chi connectivity index (χ4v) is 2.17. The van der Waals surface area contributed by atoms with Gasteiger partial charge in [0.1, 0.15) is 5.69 Å². The lowest BCUT2D eigenvalue weighted by Crippen LogP contribution is -2.11. The van der Waals surface area contributed by atoms with Crippen LogP contribution in [0.1, 0.15) is 16.2 Å². The van der Waals surface area contributed by atoms with E-state index in [1.54, 1.807) is 6.92 Å². The molecule has 0 aromatic carbocycles. The van der Waals surface area contributed by atoms with Gasteiger partial charge in [-0.2, -0.15) is 10.1 Å². The first-order chi connectivity index (χ1) is 9.49. The number of ether oxygens (including phenoxy) is 2. The lowest BCUT2D eigenvalue weighted by Gasteiger charge is -2.09. The number of carboxylic acid groups (broad SMARTS) is 1. The second-order valence-corrected chi connectivity index (χ2v) is 4.79. The number of hydrogen-bond donors (Lipinski definition) is 1. The van der Waals surface area contributed by atoms with E-state index in [-0.39, 0.29) is 17.6 Å². The minimum atomic E-state index is -1.09. The lowest BCUT2D eigenvalue weighted by atomic mass is 10.3. The number of methoxy groups -OCH3 is 2. The fraction of sp³-hybridized carbons (Fsp3) is 0.273. The third-order valence-corrected chi connectivity index (χ3v) is 3.80. The minimum absolute atomic E-state index is 0.0372. The molecular formula is C11H11IN4O4. The van der Waals surface area contributed by atoms with Crippen molar-refractivity contribution in [3.8, 4) is 17.6 Å². The summed E-state index contributed by atoms with van der Waals surface area (Å²) in [5.74, 6) is -0.911. The second-order valence-electron chi connectivity index (χ2n) is 3.72. The average Bonchev–Trinajstić information content (AvgIpc) is 2.74. The Morgan fingerprint density at radius 2 is 2.10 bits per heavy atom. The maximum absolute atomic E-state index is 11.4. The van der Waals surface area contributed by atoms with Crippen LogP contribution in [-0.4, -0.2) is 45.0 Å². The van der Waals surface area contributed by atoms with Crippen molar-refractivity contribution in [3.05, 3.63) is 21.2 Å². The van der Waals surface area contributed by atoms with Crippen molar-refractivity contribution in [2.75, 3.05) is 14.2 Å². The van der Waals surface area contributed by atoms with E-state index < -0.39 is 5.97 Å². The van der Waals surface area contributed by atoms with Crippen molar-refractivity contribution in [1.29, 1.82) is 0 Å². The normalized spacial score (nSPS) is 10.4. The Bertz CT molecular complexity index is 671. The van der Waals surface area contributed by atoms with Gasteiger partial charge >= 0.3 is 12.0 Å². The molecule has 0 amide bonds. The zero-order valence-corrected chi connectivity index (χ0v) is 13.1. The van der Waals surface area contributed by atoms with Gasteiger partial charge in [0.2, 0.25) is 5.88 Å². The highest BCUT2D eigenvalue weighted by molar-refractivity contribution is 14.1. The number of carboxylic acids is 1. The molecule has 2 aromatic rings. The van der Waals surface area contributed by atoms with E-state index in [9.17, 15) is 9.90 Å². The molecule has 20 heavy (non-hydrogen) atoms. The smallest absolute Gasteiger partial charge is 0.355 e. The molecule has 0 saturated carbocycles. The van der Waals surface area contributed by atoms with Crippen molar-refractivity contribution in [2.24, 2.45) is 0 Å². The summed E-state index contributed by atoms with van der Waals surface area (Å²) in [4.78, 5) is 19.3. The summed E-state index contributed by atoms with van der Waals surface area (Å²) in [5, 5.41) is 13.5. The van der Waals surface area contributed by atoms with Gasteiger partial charge in [-0.15, -0.1) is 0 Å². The Hall–Kier alpha value is -1.91. The summed E-state index contributed by atoms with van der Waals surface area (Å²) in [6, 6.07) is 0.126. The van der Waals surface area contributed by atoms with Crippen molar-refractivity contribution in [2.45, 2.75) is 6.92 Å². The molecule has 0 aliphatic heterocycles. The molecule has 2 heterocycles. The van der Waals surface area contributed by atoms with Crippen LogP contribution in [0, 0.1) is 10.5 Å². The van der Waals surface area contributed by atoms with Gasteiger partial charge in [-0.05, 0) is 29.5 Å². The van der Waals surface area contributed by atoms with Gasteiger partial charge in [0, 0.05) is 0 Å². The molecule has 2 aromatic heterocycles. The molecular weight excluding hydrogens is 379 g/mol. The maximum Gasteiger partial charge on any atom is 0.355 e. The van der Waals surface area contributed by atoms with E-state index in [0.717, 1.165) is 0 Å². The Morgan fingerprint density at radius 1 is 1.40 bits per heavy atom. The zero-order valence-electron chi connectivity index (χ0n) is 10.9. The highest BCUT2D eigenvalue weighted by Crippen LogP contribution is 2.26. The Kier molecular flexibility index (Phi) is 4.06.